The van der Waals surface area contributed by atoms with Crippen molar-refractivity contribution in [2.24, 2.45) is 0 Å². The van der Waals surface area contributed by atoms with Gasteiger partial charge in [0.2, 0.25) is 0 Å². The molecule has 2 heteroatoms. The van der Waals surface area contributed by atoms with Crippen LogP contribution >= 0.6 is 0 Å². The van der Waals surface area contributed by atoms with Crippen molar-refractivity contribution in [1.82, 2.24) is 5.32 Å². The van der Waals surface area contributed by atoms with Gasteiger partial charge in [0.15, 0.2) is 0 Å². The Morgan fingerprint density at radius 3 is 2.12 bits per heavy atom. The third kappa shape index (κ3) is 3.06. The summed E-state index contributed by atoms with van der Waals surface area (Å²) in [7, 11) is 1.71. The average Bonchev–Trinajstić information content (AvgIpc) is 2.25. The third-order valence-electron chi connectivity index (χ3n) is 3.32. The molecular weight excluding hydrogens is 198 g/mol. The van der Waals surface area contributed by atoms with E-state index in [2.05, 4.69) is 39.1 Å². The summed E-state index contributed by atoms with van der Waals surface area (Å²) in [5.74, 6) is 0. The fraction of sp³-hybridized carbons (Fsp3) is 0.571. The van der Waals surface area contributed by atoms with E-state index in [1.54, 1.807) is 7.11 Å². The lowest BCUT2D eigenvalue weighted by molar-refractivity contribution is 0.176. The fourth-order valence-electron chi connectivity index (χ4n) is 2.06. The van der Waals surface area contributed by atoms with Gasteiger partial charge in [-0.1, -0.05) is 6.07 Å². The second-order valence-electron chi connectivity index (χ2n) is 4.42. The molecule has 0 aliphatic carbocycles. The van der Waals surface area contributed by atoms with Crippen LogP contribution in [0, 0.1) is 27.7 Å². The molecule has 16 heavy (non-hydrogen) atoms. The van der Waals surface area contributed by atoms with Crippen molar-refractivity contribution in [1.29, 1.82) is 0 Å². The molecule has 1 aromatic rings. The molecule has 0 aliphatic rings. The van der Waals surface area contributed by atoms with Gasteiger partial charge in [-0.25, -0.2) is 0 Å². The molecule has 0 radical (unpaired) electrons. The van der Waals surface area contributed by atoms with Gasteiger partial charge in [-0.05, 0) is 61.9 Å². The third-order valence-corrected chi connectivity index (χ3v) is 3.32. The largest absolute Gasteiger partial charge is 0.370 e. The average molecular weight is 221 g/mol. The van der Waals surface area contributed by atoms with Gasteiger partial charge in [0, 0.05) is 13.7 Å². The molecular formula is C14H23NO. The minimum absolute atomic E-state index is 0.628. The van der Waals surface area contributed by atoms with Crippen molar-refractivity contribution in [2.45, 2.75) is 34.1 Å². The lowest BCUT2D eigenvalue weighted by Crippen LogP contribution is -2.20. The van der Waals surface area contributed by atoms with Crippen LogP contribution in [0.3, 0.4) is 0 Å². The molecule has 1 rings (SSSR count). The van der Waals surface area contributed by atoms with Crippen molar-refractivity contribution in [3.63, 3.8) is 0 Å². The first-order valence-corrected chi connectivity index (χ1v) is 5.83. The smallest absolute Gasteiger partial charge is 0.0961 e. The molecule has 0 saturated heterocycles. The van der Waals surface area contributed by atoms with Crippen molar-refractivity contribution in [3.05, 3.63) is 33.9 Å². The Labute approximate surface area is 99.0 Å². The summed E-state index contributed by atoms with van der Waals surface area (Å²) >= 11 is 0. The Bertz CT molecular complexity index is 332. The first kappa shape index (κ1) is 13.2. The van der Waals surface area contributed by atoms with E-state index in [0.717, 1.165) is 13.0 Å². The maximum absolute atomic E-state index is 4.98. The number of nitrogens with one attached hydrogen (secondary N) is 1. The molecule has 0 aromatic heterocycles. The lowest BCUT2D eigenvalue weighted by Gasteiger charge is -2.15. The number of aryl methyl sites for hydroxylation is 2. The monoisotopic (exact) mass is 221 g/mol. The van der Waals surface area contributed by atoms with Crippen LogP contribution < -0.4 is 5.32 Å². The van der Waals surface area contributed by atoms with Gasteiger partial charge in [0.05, 0.1) is 6.73 Å². The molecule has 0 heterocycles. The van der Waals surface area contributed by atoms with E-state index in [1.807, 2.05) is 0 Å². The van der Waals surface area contributed by atoms with E-state index >= 15 is 0 Å². The molecule has 0 atom stereocenters. The van der Waals surface area contributed by atoms with Gasteiger partial charge in [-0.3, -0.25) is 5.32 Å². The Balaban J connectivity index is 2.78. The Hall–Kier alpha value is -0.860. The predicted molar refractivity (Wildman–Crippen MR) is 69.0 cm³/mol. The molecule has 90 valence electrons. The molecule has 0 spiro atoms. The van der Waals surface area contributed by atoms with Gasteiger partial charge in [0.1, 0.15) is 0 Å². The molecule has 1 aromatic carbocycles. The van der Waals surface area contributed by atoms with Crippen LogP contribution in [0.25, 0.3) is 0 Å². The number of benzene rings is 1. The zero-order chi connectivity index (χ0) is 12.1. The van der Waals surface area contributed by atoms with Gasteiger partial charge in [-0.15, -0.1) is 0 Å². The van der Waals surface area contributed by atoms with Crippen molar-refractivity contribution >= 4 is 0 Å². The van der Waals surface area contributed by atoms with Crippen LogP contribution in [-0.2, 0) is 11.2 Å². The summed E-state index contributed by atoms with van der Waals surface area (Å²) in [6, 6.07) is 2.27. The van der Waals surface area contributed by atoms with Gasteiger partial charge < -0.3 is 4.74 Å². The highest BCUT2D eigenvalue weighted by molar-refractivity contribution is 5.44. The number of hydrogen-bond donors (Lipinski definition) is 1. The number of methoxy groups -OCH3 is 1. The van der Waals surface area contributed by atoms with Crippen LogP contribution in [0.1, 0.15) is 27.8 Å². The minimum Gasteiger partial charge on any atom is -0.370 e. The number of ether oxygens (including phenoxy) is 1. The van der Waals surface area contributed by atoms with Crippen LogP contribution in [0.4, 0.5) is 0 Å². The van der Waals surface area contributed by atoms with Crippen LogP contribution in [0.15, 0.2) is 6.07 Å². The van der Waals surface area contributed by atoms with Crippen molar-refractivity contribution in [2.75, 3.05) is 20.4 Å². The molecule has 0 amide bonds. The second kappa shape index (κ2) is 6.02. The summed E-state index contributed by atoms with van der Waals surface area (Å²) < 4.78 is 4.98. The summed E-state index contributed by atoms with van der Waals surface area (Å²) in [5, 5.41) is 3.25. The van der Waals surface area contributed by atoms with Crippen LogP contribution in [0.5, 0.6) is 0 Å². The Kier molecular flexibility index (Phi) is 4.97. The molecule has 0 fully saturated rings. The van der Waals surface area contributed by atoms with E-state index in [1.165, 1.54) is 27.8 Å². The van der Waals surface area contributed by atoms with Crippen molar-refractivity contribution < 1.29 is 4.74 Å². The highest BCUT2D eigenvalue weighted by atomic mass is 16.5. The summed E-state index contributed by atoms with van der Waals surface area (Å²) in [6.45, 7) is 10.4. The highest BCUT2D eigenvalue weighted by Crippen LogP contribution is 2.21. The summed E-state index contributed by atoms with van der Waals surface area (Å²) in [4.78, 5) is 0. The zero-order valence-electron chi connectivity index (χ0n) is 11.1. The van der Waals surface area contributed by atoms with Crippen LogP contribution in [0.2, 0.25) is 0 Å². The topological polar surface area (TPSA) is 21.3 Å². The predicted octanol–water partition coefficient (Wildman–Crippen LogP) is 2.66. The molecule has 0 unspecified atom stereocenters. The first-order chi connectivity index (χ1) is 7.57. The maximum atomic E-state index is 4.98. The van der Waals surface area contributed by atoms with Gasteiger partial charge in [0.25, 0.3) is 0 Å². The number of hydrogen-bond acceptors (Lipinski definition) is 2. The SMILES string of the molecule is COCNCCc1c(C)c(C)cc(C)c1C. The van der Waals surface area contributed by atoms with Gasteiger partial charge >= 0.3 is 0 Å². The molecule has 0 saturated carbocycles. The van der Waals surface area contributed by atoms with Gasteiger partial charge in [-0.2, -0.15) is 0 Å². The number of rotatable bonds is 5. The van der Waals surface area contributed by atoms with Crippen molar-refractivity contribution in [3.8, 4) is 0 Å². The Morgan fingerprint density at radius 1 is 1.06 bits per heavy atom. The summed E-state index contributed by atoms with van der Waals surface area (Å²) in [6.07, 6.45) is 1.07. The molecule has 2 nitrogen and oxygen atoms in total. The zero-order valence-corrected chi connectivity index (χ0v) is 11.1. The van der Waals surface area contributed by atoms with E-state index < -0.39 is 0 Å². The second-order valence-corrected chi connectivity index (χ2v) is 4.42. The fourth-order valence-corrected chi connectivity index (χ4v) is 2.06. The molecule has 1 N–H and O–H groups in total. The van der Waals surface area contributed by atoms with E-state index in [4.69, 9.17) is 4.74 Å². The summed E-state index contributed by atoms with van der Waals surface area (Å²) in [5.41, 5.74) is 7.14. The Morgan fingerprint density at radius 2 is 1.62 bits per heavy atom. The standard InChI is InChI=1S/C14H23NO/c1-10-8-11(2)13(4)14(12(10)3)6-7-15-9-16-5/h8,15H,6-7,9H2,1-5H3. The minimum atomic E-state index is 0.628. The first-order valence-electron chi connectivity index (χ1n) is 5.83. The highest BCUT2D eigenvalue weighted by Gasteiger charge is 2.07. The quantitative estimate of drug-likeness (QED) is 0.609. The van der Waals surface area contributed by atoms with E-state index in [-0.39, 0.29) is 0 Å². The van der Waals surface area contributed by atoms with E-state index in [0.29, 0.717) is 6.73 Å². The normalized spacial score (nSPS) is 10.8. The maximum Gasteiger partial charge on any atom is 0.0961 e. The lowest BCUT2D eigenvalue weighted by atomic mass is 9.92. The van der Waals surface area contributed by atoms with E-state index in [9.17, 15) is 0 Å². The van der Waals surface area contributed by atoms with Crippen LogP contribution in [-0.4, -0.2) is 20.4 Å². The molecule has 0 aliphatic heterocycles. The molecule has 0 bridgehead atoms.